The standard InChI is InChI=1S/C21H26BrFN4O4S/c1-3-31-20(28)19-25-18(22)11-26(19)10-14(2)24-15-8-21(9-15)12-27(13-21)32(29,30)17-7-5-4-6-16(17)23/h4-7,11,14-15,24H,3,8-10,12-13H2,1-2H3/t14-/m1/s1. The van der Waals surface area contributed by atoms with E-state index >= 15 is 0 Å². The fourth-order valence-electron chi connectivity index (χ4n) is 4.66. The maximum atomic E-state index is 13.9. The van der Waals surface area contributed by atoms with Gasteiger partial charge < -0.3 is 14.6 Å². The zero-order valence-electron chi connectivity index (χ0n) is 17.9. The normalized spacial score (nSPS) is 19.4. The van der Waals surface area contributed by atoms with Crippen LogP contribution in [0.1, 0.15) is 37.3 Å². The van der Waals surface area contributed by atoms with E-state index in [0.29, 0.717) is 24.2 Å². The van der Waals surface area contributed by atoms with Crippen LogP contribution in [-0.2, 0) is 21.3 Å². The Morgan fingerprint density at radius 3 is 2.72 bits per heavy atom. The average molecular weight is 529 g/mol. The number of ether oxygens (including phenoxy) is 1. The van der Waals surface area contributed by atoms with E-state index in [1.807, 2.05) is 6.92 Å². The minimum atomic E-state index is -3.80. The topological polar surface area (TPSA) is 93.5 Å². The Hall–Kier alpha value is -1.82. The summed E-state index contributed by atoms with van der Waals surface area (Å²) in [5.74, 6) is -0.923. The van der Waals surface area contributed by atoms with Gasteiger partial charge in [-0.2, -0.15) is 4.31 Å². The highest BCUT2D eigenvalue weighted by Gasteiger charge is 2.55. The molecule has 2 fully saturated rings. The zero-order valence-corrected chi connectivity index (χ0v) is 20.3. The molecule has 11 heteroatoms. The summed E-state index contributed by atoms with van der Waals surface area (Å²) in [7, 11) is -3.80. The monoisotopic (exact) mass is 528 g/mol. The summed E-state index contributed by atoms with van der Waals surface area (Å²) in [5, 5.41) is 3.55. The largest absolute Gasteiger partial charge is 0.460 e. The molecule has 0 radical (unpaired) electrons. The predicted octanol–water partition coefficient (Wildman–Crippen LogP) is 2.79. The number of sulfonamides is 1. The number of aromatic nitrogens is 2. The lowest BCUT2D eigenvalue weighted by Gasteiger charge is -2.58. The van der Waals surface area contributed by atoms with Crippen LogP contribution in [0.15, 0.2) is 40.0 Å². The number of nitrogens with zero attached hydrogens (tertiary/aromatic N) is 3. The molecular weight excluding hydrogens is 503 g/mol. The number of carbonyl (C=O) groups is 1. The SMILES string of the molecule is CCOC(=O)c1nc(Br)cn1C[C@@H](C)NC1CC2(C1)CN(S(=O)(=O)c1ccccc1F)C2. The summed E-state index contributed by atoms with van der Waals surface area (Å²) in [6.45, 7) is 5.44. The number of hydrogen-bond donors (Lipinski definition) is 1. The highest BCUT2D eigenvalue weighted by Crippen LogP contribution is 2.50. The summed E-state index contributed by atoms with van der Waals surface area (Å²) in [6, 6.07) is 5.82. The third-order valence-corrected chi connectivity index (χ3v) is 8.24. The maximum Gasteiger partial charge on any atom is 0.374 e. The van der Waals surface area contributed by atoms with Crippen molar-refractivity contribution in [1.29, 1.82) is 0 Å². The average Bonchev–Trinajstić information content (AvgIpc) is 3.02. The van der Waals surface area contributed by atoms with Gasteiger partial charge in [0.05, 0.1) is 6.61 Å². The molecule has 0 bridgehead atoms. The molecule has 2 aliphatic rings. The van der Waals surface area contributed by atoms with Crippen molar-refractivity contribution in [1.82, 2.24) is 19.2 Å². The van der Waals surface area contributed by atoms with Crippen LogP contribution in [0.25, 0.3) is 0 Å². The van der Waals surface area contributed by atoms with Crippen molar-refractivity contribution in [3.8, 4) is 0 Å². The molecule has 1 atom stereocenters. The third-order valence-electron chi connectivity index (χ3n) is 6.03. The number of halogens is 2. The fourth-order valence-corrected chi connectivity index (χ4v) is 6.80. The van der Waals surface area contributed by atoms with Crippen LogP contribution in [-0.4, -0.2) is 60.0 Å². The summed E-state index contributed by atoms with van der Waals surface area (Å²) < 4.78 is 48.1. The van der Waals surface area contributed by atoms with Crippen LogP contribution in [0.2, 0.25) is 0 Å². The van der Waals surface area contributed by atoms with Crippen LogP contribution < -0.4 is 5.32 Å². The predicted molar refractivity (Wildman–Crippen MR) is 119 cm³/mol. The Labute approximate surface area is 195 Å². The summed E-state index contributed by atoms with van der Waals surface area (Å²) in [5.41, 5.74) is -0.0379. The number of rotatable bonds is 8. The number of carbonyl (C=O) groups excluding carboxylic acids is 1. The van der Waals surface area contributed by atoms with E-state index in [0.717, 1.165) is 12.8 Å². The van der Waals surface area contributed by atoms with E-state index < -0.39 is 21.8 Å². The van der Waals surface area contributed by atoms with Gasteiger partial charge in [-0.1, -0.05) is 12.1 Å². The molecule has 174 valence electrons. The van der Waals surface area contributed by atoms with Gasteiger partial charge in [-0.05, 0) is 54.8 Å². The molecule has 1 spiro atoms. The molecule has 2 heterocycles. The smallest absolute Gasteiger partial charge is 0.374 e. The number of hydrogen-bond acceptors (Lipinski definition) is 6. The van der Waals surface area contributed by atoms with Crippen LogP contribution >= 0.6 is 15.9 Å². The lowest BCUT2D eigenvalue weighted by Crippen LogP contribution is -2.67. The van der Waals surface area contributed by atoms with Gasteiger partial charge in [0.25, 0.3) is 0 Å². The molecular formula is C21H26BrFN4O4S. The fraction of sp³-hybridized carbons (Fsp3) is 0.524. The molecule has 0 unspecified atom stereocenters. The van der Waals surface area contributed by atoms with Crippen LogP contribution in [0.4, 0.5) is 4.39 Å². The molecule has 1 N–H and O–H groups in total. The van der Waals surface area contributed by atoms with E-state index in [1.54, 1.807) is 17.7 Å². The highest BCUT2D eigenvalue weighted by atomic mass is 79.9. The second-order valence-corrected chi connectivity index (χ2v) is 11.4. The molecule has 2 aromatic rings. The first-order chi connectivity index (χ1) is 15.1. The second-order valence-electron chi connectivity index (χ2n) is 8.64. The first-order valence-corrected chi connectivity index (χ1v) is 12.8. The Kier molecular flexibility index (Phi) is 6.45. The molecule has 4 rings (SSSR count). The highest BCUT2D eigenvalue weighted by molar-refractivity contribution is 9.10. The molecule has 8 nitrogen and oxygen atoms in total. The van der Waals surface area contributed by atoms with Crippen molar-refractivity contribution >= 4 is 31.9 Å². The second kappa shape index (κ2) is 8.85. The third kappa shape index (κ3) is 4.48. The van der Waals surface area contributed by atoms with Crippen molar-refractivity contribution in [2.75, 3.05) is 19.7 Å². The first-order valence-electron chi connectivity index (χ1n) is 10.5. The van der Waals surface area contributed by atoms with Gasteiger partial charge in [-0.25, -0.2) is 22.6 Å². The molecule has 1 aliphatic carbocycles. The van der Waals surface area contributed by atoms with E-state index in [1.165, 1.54) is 28.6 Å². The van der Waals surface area contributed by atoms with Gasteiger partial charge in [-0.3, -0.25) is 0 Å². The van der Waals surface area contributed by atoms with Crippen molar-refractivity contribution < 1.29 is 22.3 Å². The molecule has 1 aromatic carbocycles. The lowest BCUT2D eigenvalue weighted by atomic mass is 9.61. The van der Waals surface area contributed by atoms with Gasteiger partial charge in [0.1, 0.15) is 15.3 Å². The van der Waals surface area contributed by atoms with Crippen molar-refractivity contribution in [2.24, 2.45) is 5.41 Å². The van der Waals surface area contributed by atoms with E-state index in [9.17, 15) is 17.6 Å². The summed E-state index contributed by atoms with van der Waals surface area (Å²) in [4.78, 5) is 16.0. The summed E-state index contributed by atoms with van der Waals surface area (Å²) in [6.07, 6.45) is 3.47. The number of esters is 1. The van der Waals surface area contributed by atoms with E-state index in [-0.39, 0.29) is 34.8 Å². The first kappa shape index (κ1) is 23.3. The van der Waals surface area contributed by atoms with E-state index in [2.05, 4.69) is 26.2 Å². The molecule has 1 aromatic heterocycles. The molecule has 1 saturated heterocycles. The molecule has 1 saturated carbocycles. The van der Waals surface area contributed by atoms with Crippen molar-refractivity contribution in [3.05, 3.63) is 46.7 Å². The van der Waals surface area contributed by atoms with Gasteiger partial charge in [0, 0.05) is 43.3 Å². The quantitative estimate of drug-likeness (QED) is 0.529. The minimum Gasteiger partial charge on any atom is -0.460 e. The Balaban J connectivity index is 1.29. The Morgan fingerprint density at radius 2 is 2.06 bits per heavy atom. The minimum absolute atomic E-state index is 0.0379. The van der Waals surface area contributed by atoms with Gasteiger partial charge in [0.15, 0.2) is 0 Å². The number of imidazole rings is 1. The van der Waals surface area contributed by atoms with Crippen molar-refractivity contribution in [2.45, 2.75) is 50.2 Å². The molecule has 1 aliphatic heterocycles. The van der Waals surface area contributed by atoms with Gasteiger partial charge >= 0.3 is 5.97 Å². The van der Waals surface area contributed by atoms with Crippen LogP contribution in [0.3, 0.4) is 0 Å². The Morgan fingerprint density at radius 1 is 1.38 bits per heavy atom. The Bertz CT molecular complexity index is 1110. The maximum absolute atomic E-state index is 13.9. The van der Waals surface area contributed by atoms with Crippen LogP contribution in [0.5, 0.6) is 0 Å². The number of nitrogens with one attached hydrogen (secondary N) is 1. The summed E-state index contributed by atoms with van der Waals surface area (Å²) >= 11 is 3.31. The van der Waals surface area contributed by atoms with Gasteiger partial charge in [0.2, 0.25) is 15.8 Å². The van der Waals surface area contributed by atoms with E-state index in [4.69, 9.17) is 4.74 Å². The lowest BCUT2D eigenvalue weighted by molar-refractivity contribution is -0.0367. The molecule has 0 amide bonds. The zero-order chi connectivity index (χ0) is 23.1. The van der Waals surface area contributed by atoms with Gasteiger partial charge in [-0.15, -0.1) is 0 Å². The van der Waals surface area contributed by atoms with Crippen molar-refractivity contribution in [3.63, 3.8) is 0 Å². The number of benzene rings is 1. The van der Waals surface area contributed by atoms with Crippen LogP contribution in [0, 0.1) is 11.2 Å². The molecule has 32 heavy (non-hydrogen) atoms.